The Bertz CT molecular complexity index is 621. The normalized spacial score (nSPS) is 12.4. The molecule has 0 radical (unpaired) electrons. The van der Waals surface area contributed by atoms with E-state index in [0.717, 1.165) is 18.4 Å². The molecule has 0 aliphatic carbocycles. The van der Waals surface area contributed by atoms with Gasteiger partial charge in [0.05, 0.1) is 12.4 Å². The van der Waals surface area contributed by atoms with Crippen LogP contribution in [0.4, 0.5) is 0 Å². The summed E-state index contributed by atoms with van der Waals surface area (Å²) in [6, 6.07) is 9.85. The lowest BCUT2D eigenvalue weighted by Crippen LogP contribution is -2.21. The van der Waals surface area contributed by atoms with Crippen molar-refractivity contribution < 1.29 is 9.53 Å². The van der Waals surface area contributed by atoms with Crippen LogP contribution in [-0.2, 0) is 4.74 Å². The van der Waals surface area contributed by atoms with Crippen molar-refractivity contribution in [2.45, 2.75) is 45.8 Å². The van der Waals surface area contributed by atoms with E-state index in [1.807, 2.05) is 51.1 Å². The lowest BCUT2D eigenvalue weighted by Gasteiger charge is -2.19. The van der Waals surface area contributed by atoms with Gasteiger partial charge in [0.25, 0.3) is 0 Å². The van der Waals surface area contributed by atoms with Gasteiger partial charge >= 0.3 is 5.97 Å². The SMILES string of the molecule is CCC(CC)OC(=O)c1c(Cl)ncn1[C@H](C)c1ccccc1. The summed E-state index contributed by atoms with van der Waals surface area (Å²) in [6.07, 6.45) is 3.05. The van der Waals surface area contributed by atoms with E-state index < -0.39 is 5.97 Å². The number of nitrogens with zero attached hydrogens (tertiary/aromatic N) is 2. The van der Waals surface area contributed by atoms with Crippen molar-refractivity contribution in [3.05, 3.63) is 53.1 Å². The molecule has 1 aromatic heterocycles. The van der Waals surface area contributed by atoms with E-state index in [9.17, 15) is 4.79 Å². The number of hydrogen-bond acceptors (Lipinski definition) is 3. The van der Waals surface area contributed by atoms with Crippen LogP contribution in [0.25, 0.3) is 0 Å². The first kappa shape index (κ1) is 16.6. The topological polar surface area (TPSA) is 44.1 Å². The Labute approximate surface area is 136 Å². The molecule has 1 aromatic carbocycles. The van der Waals surface area contributed by atoms with Gasteiger partial charge in [-0.1, -0.05) is 55.8 Å². The molecule has 118 valence electrons. The van der Waals surface area contributed by atoms with Gasteiger partial charge in [-0.05, 0) is 25.3 Å². The molecule has 0 bridgehead atoms. The van der Waals surface area contributed by atoms with E-state index in [2.05, 4.69) is 4.98 Å². The van der Waals surface area contributed by atoms with Crippen LogP contribution in [0.3, 0.4) is 0 Å². The summed E-state index contributed by atoms with van der Waals surface area (Å²) in [6.45, 7) is 5.99. The number of halogens is 1. The summed E-state index contributed by atoms with van der Waals surface area (Å²) >= 11 is 6.11. The monoisotopic (exact) mass is 320 g/mol. The summed E-state index contributed by atoms with van der Waals surface area (Å²) in [5.74, 6) is -0.418. The molecular weight excluding hydrogens is 300 g/mol. The summed E-state index contributed by atoms with van der Waals surface area (Å²) in [4.78, 5) is 16.5. The molecule has 0 saturated heterocycles. The number of aromatic nitrogens is 2. The maximum Gasteiger partial charge on any atom is 0.358 e. The zero-order valence-electron chi connectivity index (χ0n) is 13.1. The lowest BCUT2D eigenvalue weighted by molar-refractivity contribution is 0.0271. The first-order valence-corrected chi connectivity index (χ1v) is 7.94. The minimum Gasteiger partial charge on any atom is -0.458 e. The summed E-state index contributed by atoms with van der Waals surface area (Å²) in [5, 5.41) is 0.179. The Kier molecular flexibility index (Phi) is 5.61. The van der Waals surface area contributed by atoms with Crippen LogP contribution in [0.15, 0.2) is 36.7 Å². The first-order chi connectivity index (χ1) is 10.6. The van der Waals surface area contributed by atoms with Crippen LogP contribution >= 0.6 is 11.6 Å². The molecule has 0 spiro atoms. The van der Waals surface area contributed by atoms with Crippen molar-refractivity contribution in [3.8, 4) is 0 Å². The molecule has 0 aliphatic rings. The fourth-order valence-corrected chi connectivity index (χ4v) is 2.59. The predicted octanol–water partition coefficient (Wildman–Crippen LogP) is 4.49. The van der Waals surface area contributed by atoms with Gasteiger partial charge in [0, 0.05) is 0 Å². The average Bonchev–Trinajstić information content (AvgIpc) is 2.94. The molecule has 0 amide bonds. The number of benzene rings is 1. The molecule has 0 saturated carbocycles. The fraction of sp³-hybridized carbons (Fsp3) is 0.412. The van der Waals surface area contributed by atoms with Crippen LogP contribution < -0.4 is 0 Å². The molecule has 1 atom stereocenters. The van der Waals surface area contributed by atoms with Gasteiger partial charge < -0.3 is 9.30 Å². The standard InChI is InChI=1S/C17H21ClN2O2/c1-4-14(5-2)22-17(21)15-16(18)19-11-20(15)12(3)13-9-7-6-8-10-13/h6-12,14H,4-5H2,1-3H3/t12-/m1/s1. The Morgan fingerprint density at radius 3 is 2.50 bits per heavy atom. The molecular formula is C17H21ClN2O2. The third kappa shape index (κ3) is 3.50. The minimum absolute atomic E-state index is 0.0505. The number of esters is 1. The Morgan fingerprint density at radius 2 is 1.91 bits per heavy atom. The van der Waals surface area contributed by atoms with Crippen LogP contribution in [-0.4, -0.2) is 21.6 Å². The van der Waals surface area contributed by atoms with Crippen LogP contribution in [0.5, 0.6) is 0 Å². The minimum atomic E-state index is -0.418. The first-order valence-electron chi connectivity index (χ1n) is 7.56. The van der Waals surface area contributed by atoms with Crippen LogP contribution in [0.2, 0.25) is 5.15 Å². The van der Waals surface area contributed by atoms with Crippen LogP contribution in [0.1, 0.15) is 55.7 Å². The fourth-order valence-electron chi connectivity index (χ4n) is 2.38. The van der Waals surface area contributed by atoms with Crippen molar-refractivity contribution in [1.82, 2.24) is 9.55 Å². The maximum absolute atomic E-state index is 12.4. The highest BCUT2D eigenvalue weighted by Crippen LogP contribution is 2.25. The zero-order chi connectivity index (χ0) is 16.1. The third-order valence-electron chi connectivity index (χ3n) is 3.83. The second-order valence-electron chi connectivity index (χ2n) is 5.22. The highest BCUT2D eigenvalue weighted by Gasteiger charge is 2.24. The van der Waals surface area contributed by atoms with Crippen molar-refractivity contribution in [2.24, 2.45) is 0 Å². The third-order valence-corrected chi connectivity index (χ3v) is 4.10. The average molecular weight is 321 g/mol. The van der Waals surface area contributed by atoms with Crippen LogP contribution in [0, 0.1) is 0 Å². The second kappa shape index (κ2) is 7.45. The molecule has 22 heavy (non-hydrogen) atoms. The molecule has 4 nitrogen and oxygen atoms in total. The molecule has 0 aliphatic heterocycles. The van der Waals surface area contributed by atoms with E-state index >= 15 is 0 Å². The van der Waals surface area contributed by atoms with E-state index in [-0.39, 0.29) is 17.3 Å². The molecule has 0 unspecified atom stereocenters. The summed E-state index contributed by atoms with van der Waals surface area (Å²) in [7, 11) is 0. The maximum atomic E-state index is 12.4. The molecule has 5 heteroatoms. The van der Waals surface area contributed by atoms with E-state index in [1.165, 1.54) is 0 Å². The summed E-state index contributed by atoms with van der Waals surface area (Å²) < 4.78 is 7.28. The van der Waals surface area contributed by atoms with Crippen molar-refractivity contribution in [3.63, 3.8) is 0 Å². The van der Waals surface area contributed by atoms with Gasteiger partial charge in [0.15, 0.2) is 10.8 Å². The Morgan fingerprint density at radius 1 is 1.27 bits per heavy atom. The number of carbonyl (C=O) groups excluding carboxylic acids is 1. The van der Waals surface area contributed by atoms with Gasteiger partial charge in [-0.2, -0.15) is 0 Å². The second-order valence-corrected chi connectivity index (χ2v) is 5.58. The van der Waals surface area contributed by atoms with E-state index in [1.54, 1.807) is 10.9 Å². The number of carbonyl (C=O) groups is 1. The highest BCUT2D eigenvalue weighted by atomic mass is 35.5. The molecule has 2 aromatic rings. The van der Waals surface area contributed by atoms with E-state index in [4.69, 9.17) is 16.3 Å². The lowest BCUT2D eigenvalue weighted by atomic mass is 10.1. The van der Waals surface area contributed by atoms with Gasteiger partial charge in [-0.15, -0.1) is 0 Å². The molecule has 0 N–H and O–H groups in total. The van der Waals surface area contributed by atoms with Gasteiger partial charge in [0.1, 0.15) is 6.10 Å². The van der Waals surface area contributed by atoms with Crippen molar-refractivity contribution in [2.75, 3.05) is 0 Å². The summed E-state index contributed by atoms with van der Waals surface area (Å²) in [5.41, 5.74) is 1.39. The van der Waals surface area contributed by atoms with Gasteiger partial charge in [0.2, 0.25) is 0 Å². The molecule has 0 fully saturated rings. The zero-order valence-corrected chi connectivity index (χ0v) is 13.9. The Balaban J connectivity index is 2.30. The number of imidazole rings is 1. The molecule has 2 rings (SSSR count). The number of rotatable bonds is 6. The van der Waals surface area contributed by atoms with E-state index in [0.29, 0.717) is 5.69 Å². The largest absolute Gasteiger partial charge is 0.458 e. The van der Waals surface area contributed by atoms with Crippen molar-refractivity contribution in [1.29, 1.82) is 0 Å². The number of hydrogen-bond donors (Lipinski definition) is 0. The molecule has 1 heterocycles. The van der Waals surface area contributed by atoms with Crippen molar-refractivity contribution >= 4 is 17.6 Å². The smallest absolute Gasteiger partial charge is 0.358 e. The quantitative estimate of drug-likeness (QED) is 0.736. The van der Waals surface area contributed by atoms with Gasteiger partial charge in [-0.25, -0.2) is 9.78 Å². The number of ether oxygens (including phenoxy) is 1. The van der Waals surface area contributed by atoms with Gasteiger partial charge in [-0.3, -0.25) is 0 Å². The Hall–Kier alpha value is -1.81. The predicted molar refractivity (Wildman–Crippen MR) is 87.3 cm³/mol. The highest BCUT2D eigenvalue weighted by molar-refractivity contribution is 6.32.